The Hall–Kier alpha value is -0.123. The maximum atomic E-state index is 5.82. The molecule has 0 aromatic heterocycles. The zero-order chi connectivity index (χ0) is 13.0. The van der Waals surface area contributed by atoms with E-state index in [4.69, 9.17) is 9.47 Å². The second-order valence-electron chi connectivity index (χ2n) is 5.93. The molecule has 18 heavy (non-hydrogen) atoms. The molecule has 2 rings (SSSR count). The highest BCUT2D eigenvalue weighted by Gasteiger charge is 2.35. The lowest BCUT2D eigenvalue weighted by Gasteiger charge is -2.30. The highest BCUT2D eigenvalue weighted by molar-refractivity contribution is 6.13. The maximum Gasteiger partial charge on any atom is 0.141 e. The van der Waals surface area contributed by atoms with Crippen molar-refractivity contribution >= 4 is 10.2 Å². The average Bonchev–Trinajstić information content (AvgIpc) is 2.91. The normalized spacial score (nSPS) is 30.4. The van der Waals surface area contributed by atoms with E-state index in [0.717, 1.165) is 47.6 Å². The molecule has 1 saturated carbocycles. The van der Waals surface area contributed by atoms with Crippen molar-refractivity contribution in [1.82, 2.24) is 0 Å². The van der Waals surface area contributed by atoms with E-state index in [1.54, 1.807) is 0 Å². The van der Waals surface area contributed by atoms with Gasteiger partial charge in [-0.25, -0.2) is 0 Å². The zero-order valence-electron chi connectivity index (χ0n) is 12.2. The summed E-state index contributed by atoms with van der Waals surface area (Å²) in [6.45, 7) is 5.65. The number of hydrogen-bond donors (Lipinski definition) is 0. The first kappa shape index (κ1) is 14.3. The van der Waals surface area contributed by atoms with Crippen LogP contribution in [0.2, 0.25) is 0 Å². The second kappa shape index (κ2) is 6.35. The van der Waals surface area contributed by atoms with Crippen LogP contribution in [-0.2, 0) is 9.47 Å². The average molecular weight is 268 g/mol. The summed E-state index contributed by atoms with van der Waals surface area (Å²) in [6, 6.07) is 0. The van der Waals surface area contributed by atoms with Gasteiger partial charge in [0.15, 0.2) is 0 Å². The smallest absolute Gasteiger partial charge is 0.141 e. The molecule has 0 N–H and O–H groups in total. The van der Waals surface area contributed by atoms with E-state index >= 15 is 0 Å². The van der Waals surface area contributed by atoms with Crippen molar-refractivity contribution in [3.63, 3.8) is 0 Å². The minimum atomic E-state index is -0.225. The lowest BCUT2D eigenvalue weighted by molar-refractivity contribution is -0.177. The Labute approximate surface area is 115 Å². The molecular formula is C15H28O2Si. The highest BCUT2D eigenvalue weighted by Crippen LogP contribution is 2.45. The van der Waals surface area contributed by atoms with Gasteiger partial charge in [-0.2, -0.15) is 0 Å². The molecule has 0 aliphatic heterocycles. The monoisotopic (exact) mass is 268 g/mol. The minimum Gasteiger partial charge on any atom is -0.355 e. The highest BCUT2D eigenvalue weighted by atomic mass is 28.1. The predicted molar refractivity (Wildman–Crippen MR) is 78.6 cm³/mol. The topological polar surface area (TPSA) is 18.5 Å². The molecule has 2 nitrogen and oxygen atoms in total. The van der Waals surface area contributed by atoms with E-state index in [1.807, 2.05) is 0 Å². The Balaban J connectivity index is 1.71. The molecule has 3 unspecified atom stereocenters. The molecule has 0 aromatic rings. The molecule has 0 heterocycles. The molecule has 104 valence electrons. The van der Waals surface area contributed by atoms with Crippen LogP contribution in [0.4, 0.5) is 0 Å². The quantitative estimate of drug-likeness (QED) is 0.382. The van der Waals surface area contributed by atoms with Gasteiger partial charge >= 0.3 is 0 Å². The summed E-state index contributed by atoms with van der Waals surface area (Å²) in [5.74, 6) is 2.73. The van der Waals surface area contributed by atoms with Gasteiger partial charge in [0, 0.05) is 13.2 Å². The van der Waals surface area contributed by atoms with E-state index in [1.165, 1.54) is 25.7 Å². The predicted octanol–water partition coefficient (Wildman–Crippen LogP) is 2.46. The van der Waals surface area contributed by atoms with Gasteiger partial charge in [0.25, 0.3) is 0 Å². The van der Waals surface area contributed by atoms with E-state index < -0.39 is 0 Å². The molecular weight excluding hydrogens is 240 g/mol. The van der Waals surface area contributed by atoms with Gasteiger partial charge in [-0.3, -0.25) is 0 Å². The fraction of sp³-hybridized carbons (Fsp3) is 0.867. The third-order valence-corrected chi connectivity index (χ3v) is 5.60. The fourth-order valence-corrected chi connectivity index (χ4v) is 4.64. The van der Waals surface area contributed by atoms with Gasteiger partial charge in [0.05, 0.1) is 10.2 Å². The Morgan fingerprint density at radius 1 is 1.17 bits per heavy atom. The van der Waals surface area contributed by atoms with Crippen LogP contribution < -0.4 is 0 Å². The summed E-state index contributed by atoms with van der Waals surface area (Å²) in [4.78, 5) is 0. The third-order valence-electron chi connectivity index (χ3n) is 4.52. The van der Waals surface area contributed by atoms with Crippen LogP contribution >= 0.6 is 0 Å². The first-order valence-electron chi connectivity index (χ1n) is 7.63. The fourth-order valence-electron chi connectivity index (χ4n) is 3.71. The molecule has 0 amide bonds. The molecule has 3 heteroatoms. The van der Waals surface area contributed by atoms with Crippen LogP contribution in [0, 0.1) is 17.8 Å². The van der Waals surface area contributed by atoms with E-state index in [9.17, 15) is 0 Å². The zero-order valence-corrected chi connectivity index (χ0v) is 14.2. The number of fused-ring (bicyclic) bond motifs is 2. The summed E-state index contributed by atoms with van der Waals surface area (Å²) >= 11 is 0. The third kappa shape index (κ3) is 3.46. The van der Waals surface area contributed by atoms with Crippen molar-refractivity contribution in [1.29, 1.82) is 0 Å². The van der Waals surface area contributed by atoms with Crippen molar-refractivity contribution in [3.8, 4) is 0 Å². The van der Waals surface area contributed by atoms with Crippen molar-refractivity contribution in [3.05, 3.63) is 12.2 Å². The van der Waals surface area contributed by atoms with Crippen molar-refractivity contribution in [2.24, 2.45) is 17.8 Å². The SMILES string of the molecule is CCOC([SiH3])(CCCC1CC2C=CC1C2)OCC. The maximum absolute atomic E-state index is 5.82. The second-order valence-corrected chi connectivity index (χ2v) is 7.46. The molecule has 0 radical (unpaired) electrons. The van der Waals surface area contributed by atoms with Crippen LogP contribution in [-0.4, -0.2) is 28.9 Å². The van der Waals surface area contributed by atoms with E-state index in [-0.39, 0.29) is 5.41 Å². The molecule has 2 aliphatic rings. The molecule has 1 fully saturated rings. The van der Waals surface area contributed by atoms with Crippen LogP contribution in [0.25, 0.3) is 0 Å². The summed E-state index contributed by atoms with van der Waals surface area (Å²) in [5, 5.41) is 0. The lowest BCUT2D eigenvalue weighted by Crippen LogP contribution is -2.36. The van der Waals surface area contributed by atoms with Crippen molar-refractivity contribution in [2.45, 2.75) is 51.4 Å². The van der Waals surface area contributed by atoms with Crippen LogP contribution in [0.1, 0.15) is 46.0 Å². The van der Waals surface area contributed by atoms with Crippen molar-refractivity contribution in [2.75, 3.05) is 13.2 Å². The summed E-state index contributed by atoms with van der Waals surface area (Å²) in [6.07, 6.45) is 11.4. The Morgan fingerprint density at radius 2 is 1.89 bits per heavy atom. The number of ether oxygens (including phenoxy) is 2. The van der Waals surface area contributed by atoms with Crippen LogP contribution in [0.5, 0.6) is 0 Å². The number of hydrogen-bond acceptors (Lipinski definition) is 2. The first-order valence-corrected chi connectivity index (χ1v) is 8.63. The molecule has 0 spiro atoms. The molecule has 0 saturated heterocycles. The van der Waals surface area contributed by atoms with Gasteiger partial charge in [0.2, 0.25) is 0 Å². The number of allylic oxidation sites excluding steroid dienone is 2. The first-order chi connectivity index (χ1) is 8.67. The Kier molecular flexibility index (Phi) is 5.04. The Morgan fingerprint density at radius 3 is 2.39 bits per heavy atom. The van der Waals surface area contributed by atoms with Crippen molar-refractivity contribution < 1.29 is 9.47 Å². The van der Waals surface area contributed by atoms with Crippen LogP contribution in [0.3, 0.4) is 0 Å². The van der Waals surface area contributed by atoms with Gasteiger partial charge in [-0.05, 0) is 63.7 Å². The van der Waals surface area contributed by atoms with Crippen LogP contribution in [0.15, 0.2) is 12.2 Å². The molecule has 2 aliphatic carbocycles. The Bertz CT molecular complexity index is 284. The summed E-state index contributed by atoms with van der Waals surface area (Å²) in [5.41, 5.74) is -0.225. The van der Waals surface area contributed by atoms with E-state index in [0.29, 0.717) is 0 Å². The van der Waals surface area contributed by atoms with Gasteiger partial charge < -0.3 is 9.47 Å². The largest absolute Gasteiger partial charge is 0.355 e. The number of rotatable bonds is 8. The summed E-state index contributed by atoms with van der Waals surface area (Å²) < 4.78 is 11.6. The molecule has 0 aromatic carbocycles. The van der Waals surface area contributed by atoms with Gasteiger partial charge in [0.1, 0.15) is 5.41 Å². The minimum absolute atomic E-state index is 0.225. The van der Waals surface area contributed by atoms with E-state index in [2.05, 4.69) is 26.0 Å². The lowest BCUT2D eigenvalue weighted by atomic mass is 9.89. The molecule has 3 atom stereocenters. The van der Waals surface area contributed by atoms with Gasteiger partial charge in [-0.15, -0.1) is 0 Å². The summed E-state index contributed by atoms with van der Waals surface area (Å²) in [7, 11) is 0.963. The van der Waals surface area contributed by atoms with Gasteiger partial charge in [-0.1, -0.05) is 12.2 Å². The molecule has 2 bridgehead atoms. The standard InChI is InChI=1S/C15H28O2Si/c1-3-16-15(18,17-4-2)9-5-6-13-10-12-7-8-14(13)11-12/h7-8,12-14H,3-6,9-11H2,1-2,18H3.